The van der Waals surface area contributed by atoms with E-state index in [0.717, 1.165) is 17.6 Å². The SMILES string of the molecule is CCOc1cc2[nH]c(CC)cc(=O)c2cc1OCC. The minimum atomic E-state index is 0.00889. The van der Waals surface area contributed by atoms with Crippen molar-refractivity contribution in [3.63, 3.8) is 0 Å². The fourth-order valence-electron chi connectivity index (χ4n) is 2.04. The van der Waals surface area contributed by atoms with Crippen molar-refractivity contribution in [3.05, 3.63) is 34.1 Å². The first-order valence-corrected chi connectivity index (χ1v) is 6.65. The molecule has 0 saturated heterocycles. The van der Waals surface area contributed by atoms with Crippen molar-refractivity contribution >= 4 is 10.9 Å². The zero-order chi connectivity index (χ0) is 13.8. The Balaban J connectivity index is 2.65. The Morgan fingerprint density at radius 2 is 1.63 bits per heavy atom. The summed E-state index contributed by atoms with van der Waals surface area (Å²) in [5, 5.41) is 0.629. The fourth-order valence-corrected chi connectivity index (χ4v) is 2.04. The Morgan fingerprint density at radius 1 is 1.00 bits per heavy atom. The van der Waals surface area contributed by atoms with Gasteiger partial charge in [-0.05, 0) is 26.3 Å². The van der Waals surface area contributed by atoms with Crippen molar-refractivity contribution in [3.8, 4) is 11.5 Å². The number of fused-ring (bicyclic) bond motifs is 1. The molecule has 2 rings (SSSR count). The van der Waals surface area contributed by atoms with Gasteiger partial charge in [-0.2, -0.15) is 0 Å². The topological polar surface area (TPSA) is 51.3 Å². The van der Waals surface area contributed by atoms with E-state index in [1.807, 2.05) is 26.8 Å². The van der Waals surface area contributed by atoms with Crippen LogP contribution >= 0.6 is 0 Å². The van der Waals surface area contributed by atoms with Crippen LogP contribution in [0.15, 0.2) is 23.0 Å². The summed E-state index contributed by atoms with van der Waals surface area (Å²) in [5.41, 5.74) is 1.72. The van der Waals surface area contributed by atoms with E-state index in [9.17, 15) is 4.79 Å². The summed E-state index contributed by atoms with van der Waals surface area (Å²) in [5.74, 6) is 1.28. The second-order valence-corrected chi connectivity index (χ2v) is 4.22. The number of aromatic amines is 1. The number of pyridine rings is 1. The van der Waals surface area contributed by atoms with Crippen molar-refractivity contribution in [1.82, 2.24) is 4.98 Å². The van der Waals surface area contributed by atoms with Gasteiger partial charge < -0.3 is 14.5 Å². The number of aryl methyl sites for hydroxylation is 1. The van der Waals surface area contributed by atoms with Gasteiger partial charge in [0.15, 0.2) is 16.9 Å². The second-order valence-electron chi connectivity index (χ2n) is 4.22. The lowest BCUT2D eigenvalue weighted by Gasteiger charge is -2.12. The third-order valence-corrected chi connectivity index (χ3v) is 2.93. The average molecular weight is 261 g/mol. The molecule has 0 aliphatic rings. The minimum absolute atomic E-state index is 0.00889. The fraction of sp³-hybridized carbons (Fsp3) is 0.400. The van der Waals surface area contributed by atoms with Crippen LogP contribution in [0.2, 0.25) is 0 Å². The maximum Gasteiger partial charge on any atom is 0.189 e. The van der Waals surface area contributed by atoms with E-state index in [4.69, 9.17) is 9.47 Å². The maximum absolute atomic E-state index is 12.1. The molecule has 0 fully saturated rings. The molecule has 0 atom stereocenters. The first-order chi connectivity index (χ1) is 9.19. The normalized spacial score (nSPS) is 10.7. The Kier molecular flexibility index (Phi) is 4.10. The molecule has 2 aromatic rings. The molecule has 1 N–H and O–H groups in total. The third-order valence-electron chi connectivity index (χ3n) is 2.93. The highest BCUT2D eigenvalue weighted by molar-refractivity contribution is 5.82. The molecule has 0 saturated carbocycles. The number of hydrogen-bond donors (Lipinski definition) is 1. The molecule has 0 spiro atoms. The Hall–Kier alpha value is -1.97. The van der Waals surface area contributed by atoms with Crippen LogP contribution in [0.25, 0.3) is 10.9 Å². The van der Waals surface area contributed by atoms with Crippen LogP contribution < -0.4 is 14.9 Å². The summed E-state index contributed by atoms with van der Waals surface area (Å²) < 4.78 is 11.1. The van der Waals surface area contributed by atoms with Gasteiger partial charge in [-0.25, -0.2) is 0 Å². The van der Waals surface area contributed by atoms with Crippen LogP contribution in [0.1, 0.15) is 26.5 Å². The van der Waals surface area contributed by atoms with Crippen molar-refractivity contribution in [2.75, 3.05) is 13.2 Å². The molecular weight excluding hydrogens is 242 g/mol. The first-order valence-electron chi connectivity index (χ1n) is 6.65. The number of benzene rings is 1. The van der Waals surface area contributed by atoms with E-state index in [0.29, 0.717) is 30.1 Å². The molecule has 0 unspecified atom stereocenters. The molecule has 19 heavy (non-hydrogen) atoms. The monoisotopic (exact) mass is 261 g/mol. The second kappa shape index (κ2) is 5.78. The largest absolute Gasteiger partial charge is 0.490 e. The zero-order valence-corrected chi connectivity index (χ0v) is 11.6. The summed E-state index contributed by atoms with van der Waals surface area (Å²) in [7, 11) is 0. The zero-order valence-electron chi connectivity index (χ0n) is 11.6. The Bertz CT molecular complexity index is 631. The van der Waals surface area contributed by atoms with Crippen molar-refractivity contribution < 1.29 is 9.47 Å². The van der Waals surface area contributed by atoms with Gasteiger partial charge >= 0.3 is 0 Å². The van der Waals surface area contributed by atoms with Crippen LogP contribution in [-0.2, 0) is 6.42 Å². The molecule has 0 amide bonds. The van der Waals surface area contributed by atoms with Crippen molar-refractivity contribution in [2.24, 2.45) is 0 Å². The van der Waals surface area contributed by atoms with Crippen LogP contribution in [0.4, 0.5) is 0 Å². The average Bonchev–Trinajstić information content (AvgIpc) is 2.40. The lowest BCUT2D eigenvalue weighted by atomic mass is 10.1. The maximum atomic E-state index is 12.1. The Morgan fingerprint density at radius 3 is 2.21 bits per heavy atom. The van der Waals surface area contributed by atoms with Gasteiger partial charge in [0, 0.05) is 23.2 Å². The van der Waals surface area contributed by atoms with Gasteiger partial charge in [0.05, 0.1) is 18.7 Å². The lowest BCUT2D eigenvalue weighted by molar-refractivity contribution is 0.288. The summed E-state index contributed by atoms with van der Waals surface area (Å²) in [6.07, 6.45) is 0.794. The summed E-state index contributed by atoms with van der Waals surface area (Å²) >= 11 is 0. The summed E-state index contributed by atoms with van der Waals surface area (Å²) in [4.78, 5) is 15.3. The molecule has 4 heteroatoms. The van der Waals surface area contributed by atoms with E-state index in [2.05, 4.69) is 4.98 Å². The summed E-state index contributed by atoms with van der Waals surface area (Å²) in [6.45, 7) is 6.93. The molecular formula is C15H19NO3. The van der Waals surface area contributed by atoms with E-state index >= 15 is 0 Å². The molecule has 1 heterocycles. The van der Waals surface area contributed by atoms with Gasteiger partial charge in [-0.3, -0.25) is 4.79 Å². The molecule has 0 bridgehead atoms. The quantitative estimate of drug-likeness (QED) is 0.900. The molecule has 0 aliphatic carbocycles. The van der Waals surface area contributed by atoms with Crippen LogP contribution in [-0.4, -0.2) is 18.2 Å². The highest BCUT2D eigenvalue weighted by Gasteiger charge is 2.10. The van der Waals surface area contributed by atoms with Crippen LogP contribution in [0.5, 0.6) is 11.5 Å². The highest BCUT2D eigenvalue weighted by Crippen LogP contribution is 2.31. The number of rotatable bonds is 5. The van der Waals surface area contributed by atoms with Gasteiger partial charge in [-0.1, -0.05) is 6.92 Å². The number of ether oxygens (including phenoxy) is 2. The molecule has 1 aromatic carbocycles. The predicted molar refractivity (Wildman–Crippen MR) is 76.3 cm³/mol. The molecule has 4 nitrogen and oxygen atoms in total. The smallest absolute Gasteiger partial charge is 0.189 e. The third kappa shape index (κ3) is 2.72. The number of aromatic nitrogens is 1. The molecule has 0 radical (unpaired) electrons. The molecule has 0 aliphatic heterocycles. The van der Waals surface area contributed by atoms with Crippen LogP contribution in [0.3, 0.4) is 0 Å². The Labute approximate surface area is 112 Å². The first kappa shape index (κ1) is 13.5. The number of H-pyrrole nitrogens is 1. The number of nitrogens with one attached hydrogen (secondary N) is 1. The predicted octanol–water partition coefficient (Wildman–Crippen LogP) is 2.89. The van der Waals surface area contributed by atoms with Crippen molar-refractivity contribution in [1.29, 1.82) is 0 Å². The van der Waals surface area contributed by atoms with Gasteiger partial charge in [0.2, 0.25) is 0 Å². The van der Waals surface area contributed by atoms with E-state index < -0.39 is 0 Å². The van der Waals surface area contributed by atoms with E-state index in [1.165, 1.54) is 0 Å². The van der Waals surface area contributed by atoms with Gasteiger partial charge in [-0.15, -0.1) is 0 Å². The van der Waals surface area contributed by atoms with Crippen LogP contribution in [0, 0.1) is 0 Å². The van der Waals surface area contributed by atoms with Gasteiger partial charge in [0.25, 0.3) is 0 Å². The van der Waals surface area contributed by atoms with Gasteiger partial charge in [0.1, 0.15) is 0 Å². The lowest BCUT2D eigenvalue weighted by Crippen LogP contribution is -2.06. The molecule has 1 aromatic heterocycles. The highest BCUT2D eigenvalue weighted by atomic mass is 16.5. The number of hydrogen-bond acceptors (Lipinski definition) is 3. The van der Waals surface area contributed by atoms with E-state index in [1.54, 1.807) is 12.1 Å². The standard InChI is InChI=1S/C15H19NO3/c1-4-10-7-13(17)11-8-14(18-5-2)15(19-6-3)9-12(11)16-10/h7-9H,4-6H2,1-3H3,(H,16,17). The molecule has 102 valence electrons. The van der Waals surface area contributed by atoms with Crippen molar-refractivity contribution in [2.45, 2.75) is 27.2 Å². The summed E-state index contributed by atoms with van der Waals surface area (Å²) in [6, 6.07) is 5.23. The van der Waals surface area contributed by atoms with E-state index in [-0.39, 0.29) is 5.43 Å². The minimum Gasteiger partial charge on any atom is -0.490 e.